The molecule has 136 valence electrons. The molecule has 0 atom stereocenters. The standard InChI is InChI=1S/C18H27N5O2/c1-21(2)16-5-3-4-14(12-16)13-20-17(24)22-9-6-15(7-10-22)23-11-8-19-18(23)25/h3-5,12,15H,6-11,13H2,1-2H3,(H,19,25)(H,20,24). The topological polar surface area (TPSA) is 67.9 Å². The third-order valence-electron chi connectivity index (χ3n) is 4.95. The van der Waals surface area contributed by atoms with Gasteiger partial charge in [0.25, 0.3) is 0 Å². The maximum absolute atomic E-state index is 12.4. The summed E-state index contributed by atoms with van der Waals surface area (Å²) in [7, 11) is 4.00. The molecule has 2 saturated heterocycles. The van der Waals surface area contributed by atoms with Gasteiger partial charge in [-0.25, -0.2) is 9.59 Å². The third-order valence-corrected chi connectivity index (χ3v) is 4.95. The molecule has 1 aromatic rings. The second-order valence-corrected chi connectivity index (χ2v) is 6.87. The van der Waals surface area contributed by atoms with E-state index in [1.54, 1.807) is 0 Å². The fraction of sp³-hybridized carbons (Fsp3) is 0.556. The fourth-order valence-corrected chi connectivity index (χ4v) is 3.45. The van der Waals surface area contributed by atoms with Crippen LogP contribution in [0.15, 0.2) is 24.3 Å². The van der Waals surface area contributed by atoms with E-state index in [-0.39, 0.29) is 18.1 Å². The van der Waals surface area contributed by atoms with Crippen LogP contribution >= 0.6 is 0 Å². The van der Waals surface area contributed by atoms with E-state index in [1.807, 2.05) is 47.0 Å². The van der Waals surface area contributed by atoms with Crippen LogP contribution in [0.25, 0.3) is 0 Å². The number of anilines is 1. The van der Waals surface area contributed by atoms with Crippen LogP contribution < -0.4 is 15.5 Å². The first-order valence-corrected chi connectivity index (χ1v) is 8.88. The first-order valence-electron chi connectivity index (χ1n) is 8.88. The predicted molar refractivity (Wildman–Crippen MR) is 97.7 cm³/mol. The number of urea groups is 2. The van der Waals surface area contributed by atoms with E-state index in [0.29, 0.717) is 19.6 Å². The van der Waals surface area contributed by atoms with Crippen molar-refractivity contribution in [2.45, 2.75) is 25.4 Å². The molecule has 0 unspecified atom stereocenters. The Labute approximate surface area is 149 Å². The van der Waals surface area contributed by atoms with Gasteiger partial charge in [0.2, 0.25) is 0 Å². The minimum atomic E-state index is -0.0282. The van der Waals surface area contributed by atoms with Gasteiger partial charge >= 0.3 is 12.1 Å². The number of nitrogens with one attached hydrogen (secondary N) is 2. The Morgan fingerprint density at radius 3 is 2.68 bits per heavy atom. The first kappa shape index (κ1) is 17.4. The highest BCUT2D eigenvalue weighted by atomic mass is 16.2. The van der Waals surface area contributed by atoms with Crippen molar-refractivity contribution in [1.29, 1.82) is 0 Å². The van der Waals surface area contributed by atoms with Crippen LogP contribution in [0.1, 0.15) is 18.4 Å². The van der Waals surface area contributed by atoms with Crippen LogP contribution in [0, 0.1) is 0 Å². The number of hydrogen-bond donors (Lipinski definition) is 2. The summed E-state index contributed by atoms with van der Waals surface area (Å²) < 4.78 is 0. The molecule has 1 aromatic carbocycles. The van der Waals surface area contributed by atoms with E-state index in [0.717, 1.165) is 37.2 Å². The Hall–Kier alpha value is -2.44. The zero-order valence-corrected chi connectivity index (χ0v) is 15.0. The second-order valence-electron chi connectivity index (χ2n) is 6.87. The smallest absolute Gasteiger partial charge is 0.317 e. The van der Waals surface area contributed by atoms with Crippen molar-refractivity contribution in [3.05, 3.63) is 29.8 Å². The number of benzene rings is 1. The van der Waals surface area contributed by atoms with E-state index in [9.17, 15) is 9.59 Å². The number of nitrogens with zero attached hydrogens (tertiary/aromatic N) is 3. The summed E-state index contributed by atoms with van der Waals surface area (Å²) in [6, 6.07) is 8.41. The first-order chi connectivity index (χ1) is 12.0. The molecular formula is C18H27N5O2. The quantitative estimate of drug-likeness (QED) is 0.868. The van der Waals surface area contributed by atoms with Gasteiger partial charge in [-0.2, -0.15) is 0 Å². The maximum atomic E-state index is 12.4. The lowest BCUT2D eigenvalue weighted by Gasteiger charge is -2.36. The molecule has 2 heterocycles. The van der Waals surface area contributed by atoms with Crippen molar-refractivity contribution in [2.75, 3.05) is 45.2 Å². The average Bonchev–Trinajstić information content (AvgIpc) is 3.06. The van der Waals surface area contributed by atoms with Crippen LogP contribution in [0.5, 0.6) is 0 Å². The molecule has 2 N–H and O–H groups in total. The number of likely N-dealkylation sites (tertiary alicyclic amines) is 1. The number of rotatable bonds is 4. The molecule has 0 aliphatic carbocycles. The summed E-state index contributed by atoms with van der Waals surface area (Å²) in [5.41, 5.74) is 2.21. The number of carbonyl (C=O) groups excluding carboxylic acids is 2. The van der Waals surface area contributed by atoms with Crippen LogP contribution in [-0.4, -0.2) is 68.2 Å². The molecule has 3 rings (SSSR count). The lowest BCUT2D eigenvalue weighted by molar-refractivity contribution is 0.141. The normalized spacial score (nSPS) is 18.2. The van der Waals surface area contributed by atoms with Crippen molar-refractivity contribution < 1.29 is 9.59 Å². The van der Waals surface area contributed by atoms with Gasteiger partial charge in [-0.3, -0.25) is 0 Å². The molecule has 0 radical (unpaired) electrons. The van der Waals surface area contributed by atoms with E-state index in [2.05, 4.69) is 16.7 Å². The van der Waals surface area contributed by atoms with E-state index in [1.165, 1.54) is 0 Å². The van der Waals surface area contributed by atoms with Gasteiger partial charge in [-0.05, 0) is 30.5 Å². The second kappa shape index (κ2) is 7.63. The average molecular weight is 345 g/mol. The van der Waals surface area contributed by atoms with Crippen LogP contribution in [0.3, 0.4) is 0 Å². The Morgan fingerprint density at radius 1 is 1.28 bits per heavy atom. The monoisotopic (exact) mass is 345 g/mol. The highest BCUT2D eigenvalue weighted by Gasteiger charge is 2.31. The van der Waals surface area contributed by atoms with Crippen molar-refractivity contribution in [3.63, 3.8) is 0 Å². The Kier molecular flexibility index (Phi) is 5.31. The maximum Gasteiger partial charge on any atom is 0.317 e. The summed E-state index contributed by atoms with van der Waals surface area (Å²) in [4.78, 5) is 29.9. The largest absolute Gasteiger partial charge is 0.378 e. The van der Waals surface area contributed by atoms with Gasteiger partial charge < -0.3 is 25.3 Å². The number of hydrogen-bond acceptors (Lipinski definition) is 3. The fourth-order valence-electron chi connectivity index (χ4n) is 3.45. The summed E-state index contributed by atoms with van der Waals surface area (Å²) in [5, 5.41) is 5.85. The van der Waals surface area contributed by atoms with Gasteiger partial charge in [0.1, 0.15) is 0 Å². The number of piperidine rings is 1. The van der Waals surface area contributed by atoms with Crippen molar-refractivity contribution in [3.8, 4) is 0 Å². The molecule has 2 aliphatic rings. The lowest BCUT2D eigenvalue weighted by Crippen LogP contribution is -2.50. The molecule has 25 heavy (non-hydrogen) atoms. The summed E-state index contributed by atoms with van der Waals surface area (Å²) in [6.07, 6.45) is 1.69. The van der Waals surface area contributed by atoms with Gasteiger partial charge in [0.05, 0.1) is 0 Å². The molecule has 0 bridgehead atoms. The minimum Gasteiger partial charge on any atom is -0.378 e. The Morgan fingerprint density at radius 2 is 2.04 bits per heavy atom. The van der Waals surface area contributed by atoms with E-state index in [4.69, 9.17) is 0 Å². The molecular weight excluding hydrogens is 318 g/mol. The van der Waals surface area contributed by atoms with E-state index >= 15 is 0 Å². The van der Waals surface area contributed by atoms with Gasteiger partial charge in [-0.15, -0.1) is 0 Å². The van der Waals surface area contributed by atoms with Crippen molar-refractivity contribution in [2.24, 2.45) is 0 Å². The van der Waals surface area contributed by atoms with Crippen molar-refractivity contribution in [1.82, 2.24) is 20.4 Å². The third kappa shape index (κ3) is 4.15. The summed E-state index contributed by atoms with van der Waals surface area (Å²) >= 11 is 0. The molecule has 2 fully saturated rings. The Balaban J connectivity index is 1.46. The van der Waals surface area contributed by atoms with Gasteiger partial charge in [0, 0.05) is 58.5 Å². The van der Waals surface area contributed by atoms with E-state index < -0.39 is 0 Å². The summed E-state index contributed by atoms with van der Waals surface area (Å²) in [6.45, 7) is 3.41. The van der Waals surface area contributed by atoms with Crippen molar-refractivity contribution >= 4 is 17.7 Å². The molecule has 0 spiro atoms. The molecule has 7 heteroatoms. The highest BCUT2D eigenvalue weighted by Crippen LogP contribution is 2.18. The highest BCUT2D eigenvalue weighted by molar-refractivity contribution is 5.77. The summed E-state index contributed by atoms with van der Waals surface area (Å²) in [5.74, 6) is 0. The molecule has 0 saturated carbocycles. The molecule has 7 nitrogen and oxygen atoms in total. The molecule has 4 amide bonds. The number of carbonyl (C=O) groups is 2. The molecule has 2 aliphatic heterocycles. The zero-order valence-electron chi connectivity index (χ0n) is 15.0. The van der Waals surface area contributed by atoms with Gasteiger partial charge in [-0.1, -0.05) is 12.1 Å². The van der Waals surface area contributed by atoms with Crippen LogP contribution in [0.4, 0.5) is 15.3 Å². The number of amides is 4. The van der Waals surface area contributed by atoms with Gasteiger partial charge in [0.15, 0.2) is 0 Å². The minimum absolute atomic E-state index is 0.0282. The predicted octanol–water partition coefficient (Wildman–Crippen LogP) is 1.45. The molecule has 0 aromatic heterocycles. The zero-order chi connectivity index (χ0) is 17.8. The van der Waals surface area contributed by atoms with Crippen LogP contribution in [0.2, 0.25) is 0 Å². The SMILES string of the molecule is CN(C)c1cccc(CNC(=O)N2CCC(N3CCNC3=O)CC2)c1. The lowest BCUT2D eigenvalue weighted by atomic mass is 10.0. The van der Waals surface area contributed by atoms with Crippen LogP contribution in [-0.2, 0) is 6.54 Å². The Bertz CT molecular complexity index is 626.